The number of hydrogen-bond acceptors (Lipinski definition) is 2. The second-order valence-corrected chi connectivity index (χ2v) is 7.23. The van der Waals surface area contributed by atoms with E-state index in [1.54, 1.807) is 0 Å². The van der Waals surface area contributed by atoms with Crippen LogP contribution in [-0.2, 0) is 9.59 Å². The van der Waals surface area contributed by atoms with Crippen molar-refractivity contribution in [3.63, 3.8) is 0 Å². The van der Waals surface area contributed by atoms with E-state index in [1.807, 2.05) is 25.1 Å². The summed E-state index contributed by atoms with van der Waals surface area (Å²) in [5.74, 6) is 0.157. The SMILES string of the molecule is Cc1cc(NC(=O)C2CC2C(=O)NCCC(C)C)ccc1Br. The molecule has 0 heterocycles. The summed E-state index contributed by atoms with van der Waals surface area (Å²) in [6.07, 6.45) is 1.61. The Bertz CT molecular complexity index is 572. The fourth-order valence-electron chi connectivity index (χ4n) is 2.35. The number of carbonyl (C=O) groups excluding carboxylic acids is 2. The third-order valence-corrected chi connectivity index (χ3v) is 4.80. The monoisotopic (exact) mass is 366 g/mol. The largest absolute Gasteiger partial charge is 0.356 e. The Morgan fingerprint density at radius 3 is 2.59 bits per heavy atom. The first-order valence-corrected chi connectivity index (χ1v) is 8.52. The number of benzene rings is 1. The third kappa shape index (κ3) is 4.57. The van der Waals surface area contributed by atoms with Gasteiger partial charge in [-0.15, -0.1) is 0 Å². The van der Waals surface area contributed by atoms with Gasteiger partial charge in [-0.1, -0.05) is 29.8 Å². The van der Waals surface area contributed by atoms with E-state index in [0.717, 1.165) is 22.1 Å². The molecule has 5 heteroatoms. The molecule has 1 aromatic rings. The molecule has 2 atom stereocenters. The van der Waals surface area contributed by atoms with Gasteiger partial charge in [0.2, 0.25) is 11.8 Å². The summed E-state index contributed by atoms with van der Waals surface area (Å²) < 4.78 is 1.01. The van der Waals surface area contributed by atoms with Gasteiger partial charge in [-0.3, -0.25) is 9.59 Å². The highest BCUT2D eigenvalue weighted by Gasteiger charge is 2.47. The fourth-order valence-corrected chi connectivity index (χ4v) is 2.59. The molecule has 1 aromatic carbocycles. The van der Waals surface area contributed by atoms with Crippen molar-refractivity contribution in [3.05, 3.63) is 28.2 Å². The van der Waals surface area contributed by atoms with E-state index in [-0.39, 0.29) is 23.7 Å². The highest BCUT2D eigenvalue weighted by molar-refractivity contribution is 9.10. The summed E-state index contributed by atoms with van der Waals surface area (Å²) in [4.78, 5) is 24.1. The number of rotatable bonds is 6. The van der Waals surface area contributed by atoms with Crippen molar-refractivity contribution in [1.29, 1.82) is 0 Å². The lowest BCUT2D eigenvalue weighted by Crippen LogP contribution is -2.28. The van der Waals surface area contributed by atoms with Crippen LogP contribution in [0, 0.1) is 24.7 Å². The van der Waals surface area contributed by atoms with Crippen LogP contribution in [0.1, 0.15) is 32.3 Å². The van der Waals surface area contributed by atoms with Crippen LogP contribution in [0.25, 0.3) is 0 Å². The first-order chi connectivity index (χ1) is 10.4. The third-order valence-electron chi connectivity index (χ3n) is 3.91. The van der Waals surface area contributed by atoms with Crippen LogP contribution in [0.15, 0.2) is 22.7 Å². The van der Waals surface area contributed by atoms with Gasteiger partial charge in [0.05, 0.1) is 11.8 Å². The molecule has 0 aliphatic heterocycles. The molecular weight excluding hydrogens is 344 g/mol. The van der Waals surface area contributed by atoms with E-state index in [0.29, 0.717) is 18.9 Å². The first kappa shape index (κ1) is 17.0. The maximum Gasteiger partial charge on any atom is 0.228 e. The van der Waals surface area contributed by atoms with Gasteiger partial charge in [-0.05, 0) is 49.4 Å². The molecule has 1 aliphatic carbocycles. The van der Waals surface area contributed by atoms with Crippen molar-refractivity contribution in [1.82, 2.24) is 5.32 Å². The van der Waals surface area contributed by atoms with Crippen molar-refractivity contribution < 1.29 is 9.59 Å². The summed E-state index contributed by atoms with van der Waals surface area (Å²) in [6.45, 7) is 6.91. The number of aryl methyl sites for hydroxylation is 1. The van der Waals surface area contributed by atoms with Crippen molar-refractivity contribution in [2.45, 2.75) is 33.6 Å². The topological polar surface area (TPSA) is 58.2 Å². The molecule has 0 saturated heterocycles. The molecule has 1 saturated carbocycles. The summed E-state index contributed by atoms with van der Waals surface area (Å²) in [6, 6.07) is 5.69. The molecule has 0 radical (unpaired) electrons. The molecule has 0 bridgehead atoms. The summed E-state index contributed by atoms with van der Waals surface area (Å²) >= 11 is 3.43. The Balaban J connectivity index is 1.80. The van der Waals surface area contributed by atoms with Crippen LogP contribution < -0.4 is 10.6 Å². The highest BCUT2D eigenvalue weighted by atomic mass is 79.9. The molecule has 0 spiro atoms. The second kappa shape index (κ2) is 7.27. The average molecular weight is 367 g/mol. The molecule has 120 valence electrons. The van der Waals surface area contributed by atoms with E-state index < -0.39 is 0 Å². The van der Waals surface area contributed by atoms with Gasteiger partial charge in [0.1, 0.15) is 0 Å². The predicted molar refractivity (Wildman–Crippen MR) is 91.6 cm³/mol. The van der Waals surface area contributed by atoms with E-state index in [1.165, 1.54) is 0 Å². The van der Waals surface area contributed by atoms with Crippen LogP contribution in [0.3, 0.4) is 0 Å². The zero-order valence-electron chi connectivity index (χ0n) is 13.3. The number of hydrogen-bond donors (Lipinski definition) is 2. The first-order valence-electron chi connectivity index (χ1n) is 7.73. The summed E-state index contributed by atoms with van der Waals surface area (Å²) in [5.41, 5.74) is 1.84. The normalized spacial score (nSPS) is 19.9. The van der Waals surface area contributed by atoms with Gasteiger partial charge >= 0.3 is 0 Å². The van der Waals surface area contributed by atoms with E-state index >= 15 is 0 Å². The minimum atomic E-state index is -0.192. The minimum absolute atomic E-state index is 0.00721. The molecule has 2 unspecified atom stereocenters. The van der Waals surface area contributed by atoms with Crippen LogP contribution >= 0.6 is 15.9 Å². The number of halogens is 1. The average Bonchev–Trinajstić information content (AvgIpc) is 3.23. The van der Waals surface area contributed by atoms with Gasteiger partial charge in [0.25, 0.3) is 0 Å². The van der Waals surface area contributed by atoms with Crippen molar-refractivity contribution in [3.8, 4) is 0 Å². The van der Waals surface area contributed by atoms with E-state index in [2.05, 4.69) is 40.4 Å². The van der Waals surface area contributed by atoms with Crippen molar-refractivity contribution in [2.75, 3.05) is 11.9 Å². The Hall–Kier alpha value is -1.36. The van der Waals surface area contributed by atoms with Crippen molar-refractivity contribution >= 4 is 33.4 Å². The molecule has 22 heavy (non-hydrogen) atoms. The zero-order chi connectivity index (χ0) is 16.3. The maximum absolute atomic E-state index is 12.2. The molecule has 2 rings (SSSR count). The lowest BCUT2D eigenvalue weighted by Gasteiger charge is -2.08. The Labute approximate surface area is 140 Å². The zero-order valence-corrected chi connectivity index (χ0v) is 14.9. The van der Waals surface area contributed by atoms with Crippen LogP contribution in [0.4, 0.5) is 5.69 Å². The summed E-state index contributed by atoms with van der Waals surface area (Å²) in [7, 11) is 0. The van der Waals surface area contributed by atoms with Crippen LogP contribution in [-0.4, -0.2) is 18.4 Å². The second-order valence-electron chi connectivity index (χ2n) is 6.38. The Morgan fingerprint density at radius 2 is 1.95 bits per heavy atom. The number of anilines is 1. The lowest BCUT2D eigenvalue weighted by atomic mass is 10.1. The molecule has 1 fully saturated rings. The van der Waals surface area contributed by atoms with Crippen molar-refractivity contribution in [2.24, 2.45) is 17.8 Å². The summed E-state index contributed by atoms with van der Waals surface area (Å²) in [5, 5.41) is 5.81. The lowest BCUT2D eigenvalue weighted by molar-refractivity contribution is -0.125. The standard InChI is InChI=1S/C17H23BrN2O2/c1-10(2)6-7-19-16(21)13-9-14(13)17(22)20-12-4-5-15(18)11(3)8-12/h4-5,8,10,13-14H,6-7,9H2,1-3H3,(H,19,21)(H,20,22). The van der Waals surface area contributed by atoms with E-state index in [4.69, 9.17) is 0 Å². The molecule has 2 N–H and O–H groups in total. The number of amides is 2. The molecule has 2 amide bonds. The Morgan fingerprint density at radius 1 is 1.27 bits per heavy atom. The van der Waals surface area contributed by atoms with Crippen LogP contribution in [0.5, 0.6) is 0 Å². The van der Waals surface area contributed by atoms with Crippen LogP contribution in [0.2, 0.25) is 0 Å². The quantitative estimate of drug-likeness (QED) is 0.809. The van der Waals surface area contributed by atoms with Gasteiger partial charge < -0.3 is 10.6 Å². The fraction of sp³-hybridized carbons (Fsp3) is 0.529. The molecular formula is C17H23BrN2O2. The smallest absolute Gasteiger partial charge is 0.228 e. The molecule has 4 nitrogen and oxygen atoms in total. The van der Waals surface area contributed by atoms with E-state index in [9.17, 15) is 9.59 Å². The highest BCUT2D eigenvalue weighted by Crippen LogP contribution is 2.39. The Kier molecular flexibility index (Phi) is 5.62. The molecule has 1 aliphatic rings. The minimum Gasteiger partial charge on any atom is -0.356 e. The van der Waals surface area contributed by atoms with Gasteiger partial charge in [-0.2, -0.15) is 0 Å². The number of carbonyl (C=O) groups is 2. The number of nitrogens with one attached hydrogen (secondary N) is 2. The van der Waals surface area contributed by atoms with Gasteiger partial charge in [0.15, 0.2) is 0 Å². The molecule has 0 aromatic heterocycles. The van der Waals surface area contributed by atoms with Gasteiger partial charge in [-0.25, -0.2) is 0 Å². The predicted octanol–water partition coefficient (Wildman–Crippen LogP) is 3.49. The van der Waals surface area contributed by atoms with Gasteiger partial charge in [0, 0.05) is 16.7 Å². The maximum atomic E-state index is 12.2.